The van der Waals surface area contributed by atoms with Crippen molar-refractivity contribution in [3.8, 4) is 0 Å². The highest BCUT2D eigenvalue weighted by atomic mass is 16.6. The fourth-order valence-corrected chi connectivity index (χ4v) is 8.09. The molecule has 8 atom stereocenters. The van der Waals surface area contributed by atoms with Crippen molar-refractivity contribution in [2.75, 3.05) is 13.1 Å². The Hall–Kier alpha value is -1.20. The van der Waals surface area contributed by atoms with Crippen LogP contribution < -0.4 is 5.32 Å². The van der Waals surface area contributed by atoms with Gasteiger partial charge >= 0.3 is 0 Å². The number of oxime groups is 1. The zero-order chi connectivity index (χ0) is 21.3. The average molecular weight is 415 g/mol. The largest absolute Gasteiger partial charge is 0.391 e. The molecule has 166 valence electrons. The van der Waals surface area contributed by atoms with Gasteiger partial charge in [0.15, 0.2) is 0 Å². The number of ketones is 1. The molecule has 0 spiro atoms. The second-order valence-electron chi connectivity index (χ2n) is 11.5. The van der Waals surface area contributed by atoms with Crippen molar-refractivity contribution in [3.05, 3.63) is 12.2 Å². The molecule has 0 aromatic heterocycles. The Bertz CT molecular complexity index is 787. The highest BCUT2D eigenvalue weighted by Gasteiger charge is 2.66. The van der Waals surface area contributed by atoms with Crippen molar-refractivity contribution in [3.63, 3.8) is 0 Å². The Kier molecular flexibility index (Phi) is 4.76. The third kappa shape index (κ3) is 2.73. The topological polar surface area (TPSA) is 70.9 Å². The molecule has 5 nitrogen and oxygen atoms in total. The zero-order valence-electron chi connectivity index (χ0n) is 18.9. The first-order chi connectivity index (χ1) is 14.2. The van der Waals surface area contributed by atoms with E-state index in [0.29, 0.717) is 30.0 Å². The zero-order valence-corrected chi connectivity index (χ0v) is 18.9. The van der Waals surface area contributed by atoms with Gasteiger partial charge in [0.05, 0.1) is 11.3 Å². The van der Waals surface area contributed by atoms with Gasteiger partial charge in [0.25, 0.3) is 0 Å². The molecule has 0 amide bonds. The van der Waals surface area contributed by atoms with Crippen LogP contribution in [0.25, 0.3) is 0 Å². The number of nitrogens with one attached hydrogen (secondary N) is 1. The maximum absolute atomic E-state index is 13.0. The summed E-state index contributed by atoms with van der Waals surface area (Å²) in [5, 5.41) is 19.8. The summed E-state index contributed by atoms with van der Waals surface area (Å²) in [4.78, 5) is 18.7. The minimum Gasteiger partial charge on any atom is -0.391 e. The lowest BCUT2D eigenvalue weighted by Gasteiger charge is -2.63. The van der Waals surface area contributed by atoms with Crippen molar-refractivity contribution >= 4 is 11.5 Å². The number of hydrogen-bond acceptors (Lipinski definition) is 5. The summed E-state index contributed by atoms with van der Waals surface area (Å²) in [6.45, 7) is 12.9. The molecule has 5 rings (SSSR count). The van der Waals surface area contributed by atoms with Crippen LogP contribution >= 0.6 is 0 Å². The number of carbonyl (C=O) groups is 1. The molecular weight excluding hydrogens is 376 g/mol. The normalized spacial score (nSPS) is 52.1. The Morgan fingerprint density at radius 3 is 2.77 bits per heavy atom. The monoisotopic (exact) mass is 414 g/mol. The number of aliphatic hydroxyl groups is 1. The molecular formula is C25H38N2O3. The fraction of sp³-hybridized carbons (Fsp3) is 0.840. The van der Waals surface area contributed by atoms with Gasteiger partial charge in [-0.1, -0.05) is 32.5 Å². The standard InChI is InChI=1S/C25H38N2O3/c1-15-11-21-19-12-16(2)25(29)13-17(27-30-18-7-10-26-14-18)5-9-24(25,4)20(19)6-8-23(21,3)22(15)28/h15,18-21,26,29H,2,5-14H2,1,3-4H3/t15?,18?,19?,20?,21?,23-,24+,25-/m0/s1. The summed E-state index contributed by atoms with van der Waals surface area (Å²) < 4.78 is 0. The van der Waals surface area contributed by atoms with Gasteiger partial charge in [-0.3, -0.25) is 4.79 Å². The second-order valence-corrected chi connectivity index (χ2v) is 11.5. The molecule has 5 aliphatic rings. The smallest absolute Gasteiger partial charge is 0.141 e. The van der Waals surface area contributed by atoms with Crippen LogP contribution in [0.2, 0.25) is 0 Å². The molecule has 0 radical (unpaired) electrons. The second kappa shape index (κ2) is 6.90. The lowest BCUT2D eigenvalue weighted by Crippen LogP contribution is -2.63. The lowest BCUT2D eigenvalue weighted by molar-refractivity contribution is -0.161. The van der Waals surface area contributed by atoms with Crippen molar-refractivity contribution < 1.29 is 14.7 Å². The lowest BCUT2D eigenvalue weighted by atomic mass is 9.43. The van der Waals surface area contributed by atoms with Gasteiger partial charge in [0, 0.05) is 36.1 Å². The van der Waals surface area contributed by atoms with Crippen molar-refractivity contribution in [2.45, 2.75) is 83.8 Å². The Morgan fingerprint density at radius 2 is 2.03 bits per heavy atom. The van der Waals surface area contributed by atoms with Crippen LogP contribution in [0.3, 0.4) is 0 Å². The van der Waals surface area contributed by atoms with E-state index in [2.05, 4.69) is 37.8 Å². The molecule has 1 heterocycles. The molecule has 1 saturated heterocycles. The summed E-state index contributed by atoms with van der Waals surface area (Å²) in [5.41, 5.74) is 0.655. The number of nitrogens with zero attached hydrogens (tertiary/aromatic N) is 1. The van der Waals surface area contributed by atoms with E-state index in [9.17, 15) is 9.90 Å². The molecule has 5 unspecified atom stereocenters. The molecule has 5 heteroatoms. The Morgan fingerprint density at radius 1 is 1.23 bits per heavy atom. The van der Waals surface area contributed by atoms with Gasteiger partial charge in [-0.25, -0.2) is 0 Å². The van der Waals surface area contributed by atoms with Gasteiger partial charge in [0.1, 0.15) is 11.9 Å². The first-order valence-corrected chi connectivity index (χ1v) is 12.1. The third-order valence-corrected chi connectivity index (χ3v) is 10.0. The van der Waals surface area contributed by atoms with E-state index in [0.717, 1.165) is 69.3 Å². The molecule has 5 fully saturated rings. The highest BCUT2D eigenvalue weighted by molar-refractivity contribution is 5.89. The van der Waals surface area contributed by atoms with Crippen molar-refractivity contribution in [2.24, 2.45) is 39.7 Å². The van der Waals surface area contributed by atoms with E-state index in [-0.39, 0.29) is 22.9 Å². The molecule has 0 aromatic rings. The quantitative estimate of drug-likeness (QED) is 0.532. The molecule has 4 saturated carbocycles. The van der Waals surface area contributed by atoms with E-state index in [1.165, 1.54) is 0 Å². The minimum atomic E-state index is -0.912. The molecule has 0 bridgehead atoms. The summed E-state index contributed by atoms with van der Waals surface area (Å²) in [6, 6.07) is 0. The molecule has 1 aliphatic heterocycles. The summed E-state index contributed by atoms with van der Waals surface area (Å²) in [7, 11) is 0. The Balaban J connectivity index is 1.40. The van der Waals surface area contributed by atoms with E-state index < -0.39 is 5.60 Å². The SMILES string of the molecule is C=C1CC2C3CC(C)C(=O)[C@@]3(C)CCC2[C@@]2(C)CCC(=NOC3CCNC3)C[C@]12O. The number of rotatable bonds is 2. The van der Waals surface area contributed by atoms with Crippen LogP contribution in [0, 0.1) is 34.5 Å². The fourth-order valence-electron chi connectivity index (χ4n) is 8.09. The van der Waals surface area contributed by atoms with Crippen LogP contribution in [-0.2, 0) is 9.63 Å². The van der Waals surface area contributed by atoms with Gasteiger partial charge in [0.2, 0.25) is 0 Å². The van der Waals surface area contributed by atoms with E-state index >= 15 is 0 Å². The van der Waals surface area contributed by atoms with Crippen LogP contribution in [0.15, 0.2) is 17.3 Å². The maximum atomic E-state index is 13.0. The van der Waals surface area contributed by atoms with Crippen molar-refractivity contribution in [1.82, 2.24) is 5.32 Å². The third-order valence-electron chi connectivity index (χ3n) is 10.0. The van der Waals surface area contributed by atoms with Gasteiger partial charge in [-0.05, 0) is 68.4 Å². The van der Waals surface area contributed by atoms with Crippen molar-refractivity contribution in [1.29, 1.82) is 0 Å². The van der Waals surface area contributed by atoms with Gasteiger partial charge in [-0.15, -0.1) is 0 Å². The first-order valence-electron chi connectivity index (χ1n) is 12.1. The van der Waals surface area contributed by atoms with Crippen LogP contribution in [-0.4, -0.2) is 41.4 Å². The summed E-state index contributed by atoms with van der Waals surface area (Å²) >= 11 is 0. The summed E-state index contributed by atoms with van der Waals surface area (Å²) in [6.07, 6.45) is 7.35. The maximum Gasteiger partial charge on any atom is 0.141 e. The van der Waals surface area contributed by atoms with Crippen LogP contribution in [0.1, 0.15) is 72.1 Å². The van der Waals surface area contributed by atoms with Crippen LogP contribution in [0.5, 0.6) is 0 Å². The van der Waals surface area contributed by atoms with Crippen LogP contribution in [0.4, 0.5) is 0 Å². The average Bonchev–Trinajstić information content (AvgIpc) is 3.30. The molecule has 30 heavy (non-hydrogen) atoms. The number of carbonyl (C=O) groups excluding carboxylic acids is 1. The minimum absolute atomic E-state index is 0.150. The van der Waals surface area contributed by atoms with Gasteiger partial charge < -0.3 is 15.3 Å². The molecule has 4 aliphatic carbocycles. The highest BCUT2D eigenvalue weighted by Crippen LogP contribution is 2.67. The van der Waals surface area contributed by atoms with Gasteiger partial charge in [-0.2, -0.15) is 0 Å². The van der Waals surface area contributed by atoms with E-state index in [1.807, 2.05) is 0 Å². The summed E-state index contributed by atoms with van der Waals surface area (Å²) in [5.74, 6) is 2.00. The Labute approximate surface area is 180 Å². The number of Topliss-reactive ketones (excluding diaryl/α,β-unsaturated/α-hetero) is 1. The molecule has 0 aromatic carbocycles. The predicted molar refractivity (Wildman–Crippen MR) is 117 cm³/mol. The predicted octanol–water partition coefficient (Wildman–Crippen LogP) is 3.86. The molecule has 2 N–H and O–H groups in total. The first kappa shape index (κ1) is 20.7. The number of fused-ring (bicyclic) bond motifs is 5. The van der Waals surface area contributed by atoms with E-state index in [1.54, 1.807) is 0 Å². The van der Waals surface area contributed by atoms with E-state index in [4.69, 9.17) is 4.84 Å². The number of hydrogen-bond donors (Lipinski definition) is 2.